The van der Waals surface area contributed by atoms with Crippen molar-refractivity contribution in [3.8, 4) is 12.3 Å². The number of hydrogen-bond donors (Lipinski definition) is 0. The molecule has 4 rings (SSSR count). The first-order valence-corrected chi connectivity index (χ1v) is 8.84. The van der Waals surface area contributed by atoms with Crippen LogP contribution in [-0.4, -0.2) is 32.2 Å². The number of anilines is 1. The van der Waals surface area contributed by atoms with Crippen molar-refractivity contribution in [3.63, 3.8) is 0 Å². The zero-order valence-corrected chi connectivity index (χ0v) is 15.0. The Morgan fingerprint density at radius 2 is 1.67 bits per heavy atom. The van der Waals surface area contributed by atoms with E-state index in [1.807, 2.05) is 24.3 Å². The van der Waals surface area contributed by atoms with E-state index in [1.54, 1.807) is 24.0 Å². The molecular weight excluding hydrogens is 342 g/mol. The highest BCUT2D eigenvalue weighted by Gasteiger charge is 2.25. The van der Waals surface area contributed by atoms with Gasteiger partial charge in [0.2, 0.25) is 5.95 Å². The first kappa shape index (κ1) is 17.0. The van der Waals surface area contributed by atoms with Crippen molar-refractivity contribution in [3.05, 3.63) is 62.9 Å². The number of aryl methyl sites for hydroxylation is 1. The molecule has 27 heavy (non-hydrogen) atoms. The van der Waals surface area contributed by atoms with Crippen LogP contribution in [0.5, 0.6) is 0 Å². The lowest BCUT2D eigenvalue weighted by Crippen LogP contribution is -2.45. The molecule has 1 fully saturated rings. The van der Waals surface area contributed by atoms with E-state index in [4.69, 9.17) is 6.42 Å². The lowest BCUT2D eigenvalue weighted by atomic mass is 10.0. The average molecular weight is 361 g/mol. The van der Waals surface area contributed by atoms with E-state index in [0.29, 0.717) is 24.6 Å². The topological polar surface area (TPSA) is 73.0 Å². The summed E-state index contributed by atoms with van der Waals surface area (Å²) in [6.45, 7) is 1.41. The van der Waals surface area contributed by atoms with Crippen molar-refractivity contribution in [2.75, 3.05) is 18.0 Å². The number of fused-ring (bicyclic) bond motifs is 1. The minimum atomic E-state index is -0.496. The molecule has 7 nitrogen and oxygen atoms in total. The molecule has 1 aliphatic heterocycles. The molecule has 0 atom stereocenters. The third kappa shape index (κ3) is 2.89. The van der Waals surface area contributed by atoms with Crippen LogP contribution in [0.4, 0.5) is 5.95 Å². The fourth-order valence-corrected chi connectivity index (χ4v) is 3.66. The van der Waals surface area contributed by atoms with E-state index in [0.717, 1.165) is 23.9 Å². The summed E-state index contributed by atoms with van der Waals surface area (Å²) in [4.78, 5) is 35.8. The number of rotatable bonds is 2. The lowest BCUT2D eigenvalue weighted by molar-refractivity contribution is 0.391. The Morgan fingerprint density at radius 3 is 2.30 bits per heavy atom. The normalized spacial score (nSPS) is 15.0. The van der Waals surface area contributed by atoms with Gasteiger partial charge in [0.15, 0.2) is 0 Å². The van der Waals surface area contributed by atoms with Gasteiger partial charge in [-0.25, -0.2) is 9.97 Å². The number of hydrogen-bond acceptors (Lipinski definition) is 5. The molecule has 0 aliphatic carbocycles. The summed E-state index contributed by atoms with van der Waals surface area (Å²) in [5.41, 5.74) is 1.23. The van der Waals surface area contributed by atoms with Crippen LogP contribution in [-0.2, 0) is 7.05 Å². The van der Waals surface area contributed by atoms with Gasteiger partial charge in [0.05, 0.1) is 16.6 Å². The quantitative estimate of drug-likeness (QED) is 0.508. The maximum atomic E-state index is 12.7. The molecule has 0 spiro atoms. The second-order valence-corrected chi connectivity index (χ2v) is 6.66. The largest absolute Gasteiger partial charge is 0.341 e. The van der Waals surface area contributed by atoms with Gasteiger partial charge in [-0.3, -0.25) is 14.2 Å². The van der Waals surface area contributed by atoms with Crippen LogP contribution >= 0.6 is 0 Å². The molecule has 3 aromatic rings. The summed E-state index contributed by atoms with van der Waals surface area (Å²) in [5, 5.41) is 0. The molecule has 2 aromatic heterocycles. The van der Waals surface area contributed by atoms with Crippen molar-refractivity contribution in [2.24, 2.45) is 7.05 Å². The third-order valence-corrected chi connectivity index (χ3v) is 5.13. The number of piperidine rings is 1. The summed E-state index contributed by atoms with van der Waals surface area (Å²) in [5.74, 6) is 3.14. The molecular formula is C20H19N5O2. The summed E-state index contributed by atoms with van der Waals surface area (Å²) in [7, 11) is 1.64. The van der Waals surface area contributed by atoms with Crippen LogP contribution in [0.1, 0.15) is 24.4 Å². The van der Waals surface area contributed by atoms with E-state index >= 15 is 0 Å². The third-order valence-electron chi connectivity index (χ3n) is 5.13. The van der Waals surface area contributed by atoms with Gasteiger partial charge in [-0.1, -0.05) is 18.1 Å². The van der Waals surface area contributed by atoms with Gasteiger partial charge >= 0.3 is 11.1 Å². The van der Waals surface area contributed by atoms with Crippen molar-refractivity contribution in [2.45, 2.75) is 18.9 Å². The predicted octanol–water partition coefficient (Wildman–Crippen LogP) is 1.31. The second-order valence-electron chi connectivity index (χ2n) is 6.66. The smallest absolute Gasteiger partial charge is 0.317 e. The van der Waals surface area contributed by atoms with Gasteiger partial charge < -0.3 is 9.47 Å². The fourth-order valence-electron chi connectivity index (χ4n) is 3.66. The Bertz CT molecular complexity index is 1150. The highest BCUT2D eigenvalue weighted by atomic mass is 16.2. The van der Waals surface area contributed by atoms with Gasteiger partial charge in [-0.2, -0.15) is 0 Å². The highest BCUT2D eigenvalue weighted by Crippen LogP contribution is 2.26. The summed E-state index contributed by atoms with van der Waals surface area (Å²) in [6, 6.07) is 7.49. The zero-order chi connectivity index (χ0) is 19.0. The number of terminal acetylenes is 1. The monoisotopic (exact) mass is 361 g/mol. The number of para-hydroxylation sites is 2. The second kappa shape index (κ2) is 6.72. The Balaban J connectivity index is 1.64. The molecule has 7 heteroatoms. The number of nitrogens with zero attached hydrogens (tertiary/aromatic N) is 5. The van der Waals surface area contributed by atoms with Gasteiger partial charge in [-0.05, 0) is 25.0 Å². The molecule has 0 unspecified atom stereocenters. The van der Waals surface area contributed by atoms with Gasteiger partial charge in [0.1, 0.15) is 0 Å². The summed E-state index contributed by atoms with van der Waals surface area (Å²) < 4.78 is 3.08. The van der Waals surface area contributed by atoms with Crippen LogP contribution < -0.4 is 16.0 Å². The summed E-state index contributed by atoms with van der Waals surface area (Å²) >= 11 is 0. The zero-order valence-electron chi connectivity index (χ0n) is 15.0. The minimum Gasteiger partial charge on any atom is -0.341 e. The SMILES string of the molecule is C#Cc1cnc(N2CCC(n3c(=O)c(=O)n(C)c4ccccc43)CC2)nc1. The number of benzene rings is 1. The first-order chi connectivity index (χ1) is 13.1. The van der Waals surface area contributed by atoms with Crippen molar-refractivity contribution in [1.82, 2.24) is 19.1 Å². The Labute approximate surface area is 155 Å². The lowest BCUT2D eigenvalue weighted by Gasteiger charge is -2.33. The molecule has 136 valence electrons. The maximum absolute atomic E-state index is 12.7. The van der Waals surface area contributed by atoms with Crippen LogP contribution in [0.2, 0.25) is 0 Å². The fraction of sp³-hybridized carbons (Fsp3) is 0.300. The van der Waals surface area contributed by atoms with Crippen LogP contribution in [0.15, 0.2) is 46.2 Å². The molecule has 0 saturated carbocycles. The Hall–Kier alpha value is -3.40. The standard InChI is InChI=1S/C20H19N5O2/c1-3-14-12-21-20(22-13-14)24-10-8-15(9-11-24)25-17-7-5-4-6-16(17)23(2)18(26)19(25)27/h1,4-7,12-13,15H,8-11H2,2H3. The average Bonchev–Trinajstić information content (AvgIpc) is 2.73. The van der Waals surface area contributed by atoms with E-state index < -0.39 is 11.1 Å². The Kier molecular flexibility index (Phi) is 4.24. The van der Waals surface area contributed by atoms with Crippen LogP contribution in [0.25, 0.3) is 11.0 Å². The van der Waals surface area contributed by atoms with Gasteiger partial charge in [0.25, 0.3) is 0 Å². The maximum Gasteiger partial charge on any atom is 0.317 e. The van der Waals surface area contributed by atoms with E-state index in [-0.39, 0.29) is 6.04 Å². The minimum absolute atomic E-state index is 0.0301. The van der Waals surface area contributed by atoms with Crippen molar-refractivity contribution < 1.29 is 0 Å². The molecule has 0 N–H and O–H groups in total. The van der Waals surface area contributed by atoms with Gasteiger partial charge in [0, 0.05) is 38.6 Å². The van der Waals surface area contributed by atoms with Crippen molar-refractivity contribution >= 4 is 17.0 Å². The highest BCUT2D eigenvalue weighted by molar-refractivity contribution is 5.75. The molecule has 0 radical (unpaired) electrons. The first-order valence-electron chi connectivity index (χ1n) is 8.84. The van der Waals surface area contributed by atoms with E-state index in [2.05, 4.69) is 20.8 Å². The molecule has 3 heterocycles. The predicted molar refractivity (Wildman–Crippen MR) is 104 cm³/mol. The molecule has 0 bridgehead atoms. The molecule has 1 saturated heterocycles. The number of aromatic nitrogens is 4. The van der Waals surface area contributed by atoms with Gasteiger partial charge in [-0.15, -0.1) is 6.42 Å². The molecule has 0 amide bonds. The van der Waals surface area contributed by atoms with E-state index in [9.17, 15) is 9.59 Å². The Morgan fingerprint density at radius 1 is 1.04 bits per heavy atom. The summed E-state index contributed by atoms with van der Waals surface area (Å²) in [6.07, 6.45) is 10.1. The van der Waals surface area contributed by atoms with Crippen LogP contribution in [0, 0.1) is 12.3 Å². The van der Waals surface area contributed by atoms with E-state index in [1.165, 1.54) is 4.57 Å². The van der Waals surface area contributed by atoms with Crippen molar-refractivity contribution in [1.29, 1.82) is 0 Å². The molecule has 1 aromatic carbocycles. The molecule has 1 aliphatic rings. The van der Waals surface area contributed by atoms with Crippen LogP contribution in [0.3, 0.4) is 0 Å².